The summed E-state index contributed by atoms with van der Waals surface area (Å²) in [6.45, 7) is 0. The van der Waals surface area contributed by atoms with Crippen LogP contribution in [0.2, 0.25) is 0 Å². The zero-order valence-corrected chi connectivity index (χ0v) is 10.7. The number of hydrogen-bond acceptors (Lipinski definition) is 5. The molecule has 0 bridgehead atoms. The highest BCUT2D eigenvalue weighted by Crippen LogP contribution is 2.18. The number of esters is 1. The van der Waals surface area contributed by atoms with Crippen molar-refractivity contribution in [2.24, 2.45) is 0 Å². The van der Waals surface area contributed by atoms with E-state index in [1.807, 2.05) is 0 Å². The fraction of sp³-hybridized carbons (Fsp3) is 0.286. The Bertz CT molecular complexity index is 561. The van der Waals surface area contributed by atoms with Crippen LogP contribution in [0.3, 0.4) is 0 Å². The maximum Gasteiger partial charge on any atom is 0.331 e. The largest absolute Gasteiger partial charge is 0.451 e. The molecule has 104 valence electrons. The van der Waals surface area contributed by atoms with E-state index in [2.05, 4.69) is 0 Å². The Hall–Kier alpha value is -2.50. The van der Waals surface area contributed by atoms with E-state index in [1.165, 1.54) is 36.4 Å². The number of nitro benzene ring substituents is 1. The topological polar surface area (TPSA) is 86.5 Å². The molecular formula is C14H13NO5. The van der Waals surface area contributed by atoms with Gasteiger partial charge >= 0.3 is 5.97 Å². The molecule has 1 saturated carbocycles. The van der Waals surface area contributed by atoms with Crippen molar-refractivity contribution in [3.05, 3.63) is 46.0 Å². The van der Waals surface area contributed by atoms with Gasteiger partial charge in [0.2, 0.25) is 0 Å². The summed E-state index contributed by atoms with van der Waals surface area (Å²) in [4.78, 5) is 32.8. The van der Waals surface area contributed by atoms with Crippen LogP contribution in [0.5, 0.6) is 0 Å². The first-order valence-electron chi connectivity index (χ1n) is 6.22. The minimum atomic E-state index is -0.621. The first kappa shape index (κ1) is 13.9. The lowest BCUT2D eigenvalue weighted by Gasteiger charge is -2.07. The molecule has 0 heterocycles. The molecule has 1 aromatic rings. The summed E-state index contributed by atoms with van der Waals surface area (Å²) in [5.41, 5.74) is 0.631. The predicted octanol–water partition coefficient (Wildman–Crippen LogP) is 2.27. The van der Waals surface area contributed by atoms with E-state index in [0.29, 0.717) is 18.4 Å². The Labute approximate surface area is 115 Å². The van der Waals surface area contributed by atoms with Gasteiger partial charge in [-0.15, -0.1) is 0 Å². The summed E-state index contributed by atoms with van der Waals surface area (Å²) in [5.74, 6) is -0.620. The lowest BCUT2D eigenvalue weighted by Crippen LogP contribution is -2.20. The van der Waals surface area contributed by atoms with Gasteiger partial charge in [0, 0.05) is 24.6 Å². The number of carbonyl (C=O) groups excluding carboxylic acids is 2. The molecule has 0 spiro atoms. The Morgan fingerprint density at radius 2 is 2.05 bits per heavy atom. The van der Waals surface area contributed by atoms with Crippen LogP contribution in [0.25, 0.3) is 6.08 Å². The SMILES string of the molecule is O=C(/C=C/c1ccc([N+](=O)[O-])cc1)O[C@H]1CCCC1=O. The lowest BCUT2D eigenvalue weighted by molar-refractivity contribution is -0.384. The van der Waals surface area contributed by atoms with Crippen molar-refractivity contribution in [2.45, 2.75) is 25.4 Å². The number of ether oxygens (including phenoxy) is 1. The smallest absolute Gasteiger partial charge is 0.331 e. The molecule has 6 heteroatoms. The summed E-state index contributed by atoms with van der Waals surface area (Å²) < 4.78 is 5.02. The molecular weight excluding hydrogens is 262 g/mol. The second-order valence-corrected chi connectivity index (χ2v) is 4.47. The van der Waals surface area contributed by atoms with Gasteiger partial charge in [0.15, 0.2) is 11.9 Å². The van der Waals surface area contributed by atoms with Crippen LogP contribution in [0, 0.1) is 10.1 Å². The first-order valence-corrected chi connectivity index (χ1v) is 6.22. The van der Waals surface area contributed by atoms with Crippen molar-refractivity contribution in [1.29, 1.82) is 0 Å². The van der Waals surface area contributed by atoms with E-state index in [-0.39, 0.29) is 11.5 Å². The Morgan fingerprint density at radius 3 is 2.60 bits per heavy atom. The molecule has 0 saturated heterocycles. The van der Waals surface area contributed by atoms with E-state index in [0.717, 1.165) is 6.42 Å². The molecule has 0 radical (unpaired) electrons. The molecule has 0 unspecified atom stereocenters. The fourth-order valence-corrected chi connectivity index (χ4v) is 1.96. The molecule has 0 N–H and O–H groups in total. The van der Waals surface area contributed by atoms with E-state index < -0.39 is 17.0 Å². The van der Waals surface area contributed by atoms with E-state index in [9.17, 15) is 19.7 Å². The van der Waals surface area contributed by atoms with Crippen LogP contribution in [-0.4, -0.2) is 22.8 Å². The number of nitro groups is 1. The third-order valence-corrected chi connectivity index (χ3v) is 3.02. The van der Waals surface area contributed by atoms with Gasteiger partial charge in [-0.25, -0.2) is 4.79 Å². The molecule has 6 nitrogen and oxygen atoms in total. The number of rotatable bonds is 4. The maximum absolute atomic E-state index is 11.5. The number of hydrogen-bond donors (Lipinski definition) is 0. The Kier molecular flexibility index (Phi) is 4.24. The molecule has 1 aliphatic carbocycles. The molecule has 0 aromatic heterocycles. The summed E-state index contributed by atoms with van der Waals surface area (Å²) in [5, 5.41) is 10.5. The molecule has 1 atom stereocenters. The van der Waals surface area contributed by atoms with Crippen LogP contribution >= 0.6 is 0 Å². The van der Waals surface area contributed by atoms with Crippen molar-refractivity contribution < 1.29 is 19.2 Å². The zero-order chi connectivity index (χ0) is 14.5. The summed E-state index contributed by atoms with van der Waals surface area (Å²) in [6.07, 6.45) is 3.88. The van der Waals surface area contributed by atoms with Gasteiger partial charge in [0.1, 0.15) is 0 Å². The van der Waals surface area contributed by atoms with Gasteiger partial charge in [0.25, 0.3) is 5.69 Å². The number of non-ortho nitro benzene ring substituents is 1. The summed E-state index contributed by atoms with van der Waals surface area (Å²) >= 11 is 0. The number of ketones is 1. The van der Waals surface area contributed by atoms with Gasteiger partial charge in [0.05, 0.1) is 4.92 Å². The minimum Gasteiger partial charge on any atom is -0.451 e. The number of benzene rings is 1. The molecule has 0 amide bonds. The van der Waals surface area contributed by atoms with Gasteiger partial charge < -0.3 is 4.74 Å². The van der Waals surface area contributed by atoms with Gasteiger partial charge in [-0.3, -0.25) is 14.9 Å². The average Bonchev–Trinajstić information content (AvgIpc) is 2.82. The Balaban J connectivity index is 1.93. The van der Waals surface area contributed by atoms with Crippen LogP contribution in [0.4, 0.5) is 5.69 Å². The molecule has 20 heavy (non-hydrogen) atoms. The van der Waals surface area contributed by atoms with Crippen molar-refractivity contribution in [3.63, 3.8) is 0 Å². The third-order valence-electron chi connectivity index (χ3n) is 3.02. The predicted molar refractivity (Wildman–Crippen MR) is 70.9 cm³/mol. The second kappa shape index (κ2) is 6.10. The maximum atomic E-state index is 11.5. The third kappa shape index (κ3) is 3.50. The van der Waals surface area contributed by atoms with Crippen LogP contribution in [0.1, 0.15) is 24.8 Å². The lowest BCUT2D eigenvalue weighted by atomic mass is 10.2. The summed E-state index contributed by atoms with van der Waals surface area (Å²) in [6, 6.07) is 5.77. The molecule has 1 fully saturated rings. The highest BCUT2D eigenvalue weighted by molar-refractivity contribution is 5.91. The fourth-order valence-electron chi connectivity index (χ4n) is 1.96. The van der Waals surface area contributed by atoms with Crippen molar-refractivity contribution in [1.82, 2.24) is 0 Å². The number of carbonyl (C=O) groups is 2. The van der Waals surface area contributed by atoms with Gasteiger partial charge in [-0.1, -0.05) is 0 Å². The van der Waals surface area contributed by atoms with E-state index >= 15 is 0 Å². The molecule has 1 aliphatic rings. The molecule has 2 rings (SSSR count). The Morgan fingerprint density at radius 1 is 1.35 bits per heavy atom. The highest BCUT2D eigenvalue weighted by atomic mass is 16.6. The van der Waals surface area contributed by atoms with E-state index in [1.54, 1.807) is 0 Å². The highest BCUT2D eigenvalue weighted by Gasteiger charge is 2.27. The van der Waals surface area contributed by atoms with Gasteiger partial charge in [-0.2, -0.15) is 0 Å². The number of nitrogens with zero attached hydrogens (tertiary/aromatic N) is 1. The molecule has 0 aliphatic heterocycles. The minimum absolute atomic E-state index is 0.0127. The quantitative estimate of drug-likeness (QED) is 0.364. The first-order chi connectivity index (χ1) is 9.56. The van der Waals surface area contributed by atoms with Crippen LogP contribution < -0.4 is 0 Å². The standard InChI is InChI=1S/C14H13NO5/c16-12-2-1-3-13(12)20-14(17)9-6-10-4-7-11(8-5-10)15(18)19/h4-9,13H,1-3H2/b9-6+/t13-/m0/s1. The van der Waals surface area contributed by atoms with Crippen molar-refractivity contribution in [2.75, 3.05) is 0 Å². The normalized spacial score (nSPS) is 18.4. The van der Waals surface area contributed by atoms with Gasteiger partial charge in [-0.05, 0) is 36.6 Å². The number of Topliss-reactive ketones (excluding diaryl/α,β-unsaturated/α-hetero) is 1. The monoisotopic (exact) mass is 275 g/mol. The van der Waals surface area contributed by atoms with Crippen LogP contribution in [-0.2, 0) is 14.3 Å². The summed E-state index contributed by atoms with van der Waals surface area (Å²) in [7, 11) is 0. The average molecular weight is 275 g/mol. The van der Waals surface area contributed by atoms with Crippen molar-refractivity contribution in [3.8, 4) is 0 Å². The molecule has 1 aromatic carbocycles. The van der Waals surface area contributed by atoms with Crippen LogP contribution in [0.15, 0.2) is 30.3 Å². The second-order valence-electron chi connectivity index (χ2n) is 4.47. The van der Waals surface area contributed by atoms with Crippen molar-refractivity contribution >= 4 is 23.5 Å². The van der Waals surface area contributed by atoms with E-state index in [4.69, 9.17) is 4.74 Å². The zero-order valence-electron chi connectivity index (χ0n) is 10.7.